The largest absolute Gasteiger partial charge is 0.480 e. The Hall–Kier alpha value is -1.55. The maximum absolute atomic E-state index is 10.7. The molecular weight excluding hydrogens is 192 g/mol. The van der Waals surface area contributed by atoms with Gasteiger partial charge in [0.05, 0.1) is 0 Å². The maximum atomic E-state index is 10.7. The molecule has 1 unspecified atom stereocenters. The van der Waals surface area contributed by atoms with Crippen molar-refractivity contribution in [3.8, 4) is 0 Å². The van der Waals surface area contributed by atoms with E-state index in [2.05, 4.69) is 4.90 Å². The highest BCUT2D eigenvalue weighted by atomic mass is 16.4. The van der Waals surface area contributed by atoms with Crippen LogP contribution < -0.4 is 10.6 Å². The van der Waals surface area contributed by atoms with Gasteiger partial charge in [0.25, 0.3) is 0 Å². The highest BCUT2D eigenvalue weighted by Crippen LogP contribution is 2.29. The van der Waals surface area contributed by atoms with Gasteiger partial charge >= 0.3 is 5.97 Å². The molecular formula is C11H14N2O2. The number of fused-ring (bicyclic) bond motifs is 1. The molecule has 0 radical (unpaired) electrons. The molecule has 1 aliphatic heterocycles. The van der Waals surface area contributed by atoms with Crippen molar-refractivity contribution < 1.29 is 9.90 Å². The van der Waals surface area contributed by atoms with Crippen LogP contribution in [0.3, 0.4) is 0 Å². The third kappa shape index (κ3) is 1.68. The summed E-state index contributed by atoms with van der Waals surface area (Å²) in [5.74, 6) is -0.990. The number of hydrogen-bond acceptors (Lipinski definition) is 3. The zero-order valence-corrected chi connectivity index (χ0v) is 8.60. The van der Waals surface area contributed by atoms with E-state index in [0.29, 0.717) is 5.56 Å². The molecule has 0 saturated heterocycles. The van der Waals surface area contributed by atoms with Crippen LogP contribution in [0.1, 0.15) is 17.2 Å². The SMILES string of the molecule is CN1CCc2ccc(C(N)C(=O)O)cc21. The molecule has 0 aliphatic carbocycles. The second kappa shape index (κ2) is 3.55. The number of anilines is 1. The minimum Gasteiger partial charge on any atom is -0.480 e. The number of hydrogen-bond donors (Lipinski definition) is 2. The standard InChI is InChI=1S/C11H14N2O2/c1-13-5-4-7-2-3-8(6-9(7)13)10(12)11(14)15/h2-3,6,10H,4-5,12H2,1H3,(H,14,15). The third-order valence-electron chi connectivity index (χ3n) is 2.86. The van der Waals surface area contributed by atoms with Crippen LogP contribution in [0.5, 0.6) is 0 Å². The lowest BCUT2D eigenvalue weighted by Gasteiger charge is -2.14. The molecule has 0 aromatic heterocycles. The fraction of sp³-hybridized carbons (Fsp3) is 0.364. The minimum atomic E-state index is -0.990. The van der Waals surface area contributed by atoms with E-state index in [0.717, 1.165) is 18.7 Å². The molecule has 0 saturated carbocycles. The average Bonchev–Trinajstić information content (AvgIpc) is 2.59. The van der Waals surface area contributed by atoms with E-state index >= 15 is 0 Å². The van der Waals surface area contributed by atoms with Gasteiger partial charge in [0, 0.05) is 19.3 Å². The summed E-state index contributed by atoms with van der Waals surface area (Å²) in [6.07, 6.45) is 1.02. The van der Waals surface area contributed by atoms with Gasteiger partial charge in [-0.05, 0) is 23.6 Å². The minimum absolute atomic E-state index is 0.662. The lowest BCUT2D eigenvalue weighted by molar-refractivity contribution is -0.138. The van der Waals surface area contributed by atoms with E-state index in [9.17, 15) is 4.79 Å². The molecule has 4 heteroatoms. The number of rotatable bonds is 2. The van der Waals surface area contributed by atoms with Gasteiger partial charge in [0.1, 0.15) is 6.04 Å². The molecule has 1 atom stereocenters. The molecule has 0 fully saturated rings. The van der Waals surface area contributed by atoms with E-state index in [1.54, 1.807) is 6.07 Å². The van der Waals surface area contributed by atoms with Crippen LogP contribution >= 0.6 is 0 Å². The molecule has 1 aliphatic rings. The van der Waals surface area contributed by atoms with Crippen molar-refractivity contribution in [1.82, 2.24) is 0 Å². The van der Waals surface area contributed by atoms with Crippen LogP contribution in [-0.2, 0) is 11.2 Å². The molecule has 1 aromatic rings. The van der Waals surface area contributed by atoms with Crippen molar-refractivity contribution in [3.63, 3.8) is 0 Å². The lowest BCUT2D eigenvalue weighted by Crippen LogP contribution is -2.21. The van der Waals surface area contributed by atoms with Gasteiger partial charge in [-0.25, -0.2) is 0 Å². The number of carboxylic acid groups (broad SMARTS) is 1. The second-order valence-electron chi connectivity index (χ2n) is 3.88. The first-order valence-corrected chi connectivity index (χ1v) is 4.92. The predicted octanol–water partition coefficient (Wildman–Crippen LogP) is 0.763. The molecule has 3 N–H and O–H groups in total. The summed E-state index contributed by atoms with van der Waals surface area (Å²) in [4.78, 5) is 12.9. The van der Waals surface area contributed by atoms with Gasteiger partial charge < -0.3 is 15.7 Å². The molecule has 1 aromatic carbocycles. The van der Waals surface area contributed by atoms with Crippen LogP contribution in [0.25, 0.3) is 0 Å². The number of aliphatic carboxylic acids is 1. The number of carbonyl (C=O) groups is 1. The molecule has 15 heavy (non-hydrogen) atoms. The Kier molecular flexibility index (Phi) is 2.36. The molecule has 0 spiro atoms. The van der Waals surface area contributed by atoms with Gasteiger partial charge in [-0.1, -0.05) is 12.1 Å². The van der Waals surface area contributed by atoms with Crippen molar-refractivity contribution in [1.29, 1.82) is 0 Å². The highest BCUT2D eigenvalue weighted by molar-refractivity contribution is 5.76. The monoisotopic (exact) mass is 206 g/mol. The van der Waals surface area contributed by atoms with Crippen molar-refractivity contribution >= 4 is 11.7 Å². The zero-order chi connectivity index (χ0) is 11.0. The summed E-state index contributed by atoms with van der Waals surface area (Å²) in [6, 6.07) is 4.72. The van der Waals surface area contributed by atoms with E-state index in [1.165, 1.54) is 5.56 Å². The second-order valence-corrected chi connectivity index (χ2v) is 3.88. The molecule has 2 rings (SSSR count). The summed E-state index contributed by atoms with van der Waals surface area (Å²) in [5.41, 5.74) is 8.59. The van der Waals surface area contributed by atoms with Crippen LogP contribution in [0, 0.1) is 0 Å². The number of likely N-dealkylation sites (N-methyl/N-ethyl adjacent to an activating group) is 1. The summed E-state index contributed by atoms with van der Waals surface area (Å²) >= 11 is 0. The summed E-state index contributed by atoms with van der Waals surface area (Å²) in [6.45, 7) is 0.987. The Balaban J connectivity index is 2.37. The van der Waals surface area contributed by atoms with Gasteiger partial charge in [-0.3, -0.25) is 4.79 Å². The first-order chi connectivity index (χ1) is 7.09. The Morgan fingerprint density at radius 2 is 2.33 bits per heavy atom. The Morgan fingerprint density at radius 3 is 3.00 bits per heavy atom. The first-order valence-electron chi connectivity index (χ1n) is 4.92. The quantitative estimate of drug-likeness (QED) is 0.749. The van der Waals surface area contributed by atoms with Crippen LogP contribution in [0.15, 0.2) is 18.2 Å². The normalized spacial score (nSPS) is 16.3. The van der Waals surface area contributed by atoms with E-state index in [1.807, 2.05) is 19.2 Å². The van der Waals surface area contributed by atoms with Crippen molar-refractivity contribution in [2.45, 2.75) is 12.5 Å². The number of nitrogens with zero attached hydrogens (tertiary/aromatic N) is 1. The van der Waals surface area contributed by atoms with Crippen LogP contribution in [-0.4, -0.2) is 24.7 Å². The van der Waals surface area contributed by atoms with Gasteiger partial charge in [0.2, 0.25) is 0 Å². The fourth-order valence-corrected chi connectivity index (χ4v) is 1.89. The smallest absolute Gasteiger partial charge is 0.325 e. The number of carboxylic acids is 1. The molecule has 1 heterocycles. The van der Waals surface area contributed by atoms with E-state index in [-0.39, 0.29) is 0 Å². The van der Waals surface area contributed by atoms with Gasteiger partial charge in [-0.15, -0.1) is 0 Å². The molecule has 0 bridgehead atoms. The third-order valence-corrected chi connectivity index (χ3v) is 2.86. The lowest BCUT2D eigenvalue weighted by atomic mass is 10.0. The molecule has 4 nitrogen and oxygen atoms in total. The summed E-state index contributed by atoms with van der Waals surface area (Å²) in [7, 11) is 2.00. The topological polar surface area (TPSA) is 66.6 Å². The summed E-state index contributed by atoms with van der Waals surface area (Å²) in [5, 5.41) is 8.81. The van der Waals surface area contributed by atoms with Crippen molar-refractivity contribution in [2.24, 2.45) is 5.73 Å². The predicted molar refractivity (Wildman–Crippen MR) is 58.0 cm³/mol. The maximum Gasteiger partial charge on any atom is 0.325 e. The Morgan fingerprint density at radius 1 is 1.60 bits per heavy atom. The van der Waals surface area contributed by atoms with Crippen molar-refractivity contribution in [3.05, 3.63) is 29.3 Å². The van der Waals surface area contributed by atoms with Crippen molar-refractivity contribution in [2.75, 3.05) is 18.5 Å². The zero-order valence-electron chi connectivity index (χ0n) is 8.60. The van der Waals surface area contributed by atoms with Gasteiger partial charge in [-0.2, -0.15) is 0 Å². The van der Waals surface area contributed by atoms with E-state index in [4.69, 9.17) is 10.8 Å². The van der Waals surface area contributed by atoms with Gasteiger partial charge in [0.15, 0.2) is 0 Å². The number of benzene rings is 1. The first kappa shape index (κ1) is 9.98. The fourth-order valence-electron chi connectivity index (χ4n) is 1.89. The molecule has 80 valence electrons. The van der Waals surface area contributed by atoms with E-state index < -0.39 is 12.0 Å². The highest BCUT2D eigenvalue weighted by Gasteiger charge is 2.20. The average molecular weight is 206 g/mol. The van der Waals surface area contributed by atoms with Crippen LogP contribution in [0.2, 0.25) is 0 Å². The van der Waals surface area contributed by atoms with Crippen LogP contribution in [0.4, 0.5) is 5.69 Å². The molecule has 0 amide bonds. The Bertz CT molecular complexity index is 404. The Labute approximate surface area is 88.3 Å². The summed E-state index contributed by atoms with van der Waals surface area (Å²) < 4.78 is 0. The number of nitrogens with two attached hydrogens (primary N) is 1.